The number of nitrogens with two attached hydrogens (primary N) is 1. The first-order valence-corrected chi connectivity index (χ1v) is 7.31. The van der Waals surface area contributed by atoms with Gasteiger partial charge in [-0.3, -0.25) is 4.79 Å². The zero-order chi connectivity index (χ0) is 12.1. The van der Waals surface area contributed by atoms with Crippen LogP contribution in [0.25, 0.3) is 0 Å². The van der Waals surface area contributed by atoms with Crippen molar-refractivity contribution in [2.45, 2.75) is 63.8 Å². The van der Waals surface area contributed by atoms with Gasteiger partial charge in [0.2, 0.25) is 5.91 Å². The first-order chi connectivity index (χ1) is 8.31. The van der Waals surface area contributed by atoms with Gasteiger partial charge >= 0.3 is 0 Å². The van der Waals surface area contributed by atoms with Crippen LogP contribution in [0, 0.1) is 5.92 Å². The van der Waals surface area contributed by atoms with Crippen LogP contribution < -0.4 is 5.73 Å². The quantitative estimate of drug-likeness (QED) is 0.771. The molecule has 98 valence electrons. The molecule has 0 radical (unpaired) electrons. The summed E-state index contributed by atoms with van der Waals surface area (Å²) in [5.41, 5.74) is 5.58. The summed E-state index contributed by atoms with van der Waals surface area (Å²) >= 11 is 0. The lowest BCUT2D eigenvalue weighted by Crippen LogP contribution is -2.37. The smallest absolute Gasteiger partial charge is 0.222 e. The van der Waals surface area contributed by atoms with Crippen LogP contribution in [0.3, 0.4) is 0 Å². The van der Waals surface area contributed by atoms with Crippen LogP contribution in [0.2, 0.25) is 0 Å². The topological polar surface area (TPSA) is 46.3 Å². The summed E-state index contributed by atoms with van der Waals surface area (Å²) in [6, 6.07) is 0.525. The highest BCUT2D eigenvalue weighted by Gasteiger charge is 2.31. The molecular formula is C14H26N2O. The van der Waals surface area contributed by atoms with E-state index in [1.54, 1.807) is 0 Å². The highest BCUT2D eigenvalue weighted by Crippen LogP contribution is 2.30. The number of hydrogen-bond donors (Lipinski definition) is 1. The maximum atomic E-state index is 12.1. The first kappa shape index (κ1) is 12.9. The molecular weight excluding hydrogens is 212 g/mol. The van der Waals surface area contributed by atoms with Gasteiger partial charge in [0.1, 0.15) is 0 Å². The molecule has 2 aliphatic carbocycles. The van der Waals surface area contributed by atoms with Gasteiger partial charge in [0.05, 0.1) is 0 Å². The molecule has 2 saturated carbocycles. The number of hydrogen-bond acceptors (Lipinski definition) is 2. The Morgan fingerprint density at radius 2 is 1.82 bits per heavy atom. The molecule has 0 aromatic heterocycles. The fourth-order valence-electron chi connectivity index (χ4n) is 2.98. The van der Waals surface area contributed by atoms with Crippen LogP contribution in [-0.4, -0.2) is 29.9 Å². The zero-order valence-corrected chi connectivity index (χ0v) is 10.9. The van der Waals surface area contributed by atoms with Crippen LogP contribution in [0.1, 0.15) is 57.8 Å². The molecule has 2 aliphatic rings. The van der Waals surface area contributed by atoms with Crippen molar-refractivity contribution in [1.29, 1.82) is 0 Å². The molecule has 0 atom stereocenters. The normalized spacial score (nSPS) is 21.5. The van der Waals surface area contributed by atoms with Crippen molar-refractivity contribution in [3.05, 3.63) is 0 Å². The lowest BCUT2D eigenvalue weighted by Gasteiger charge is -2.25. The fraction of sp³-hybridized carbons (Fsp3) is 0.929. The Balaban J connectivity index is 1.70. The monoisotopic (exact) mass is 238 g/mol. The molecule has 0 heterocycles. The molecule has 3 heteroatoms. The predicted molar refractivity (Wildman–Crippen MR) is 69.6 cm³/mol. The van der Waals surface area contributed by atoms with E-state index in [0.717, 1.165) is 25.3 Å². The first-order valence-electron chi connectivity index (χ1n) is 7.31. The summed E-state index contributed by atoms with van der Waals surface area (Å²) < 4.78 is 0. The number of nitrogens with zero attached hydrogens (tertiary/aromatic N) is 1. The number of rotatable bonds is 6. The summed E-state index contributed by atoms with van der Waals surface area (Å²) in [6.07, 6.45) is 11.0. The minimum atomic E-state index is 0.350. The van der Waals surface area contributed by atoms with Gasteiger partial charge in [-0.2, -0.15) is 0 Å². The zero-order valence-electron chi connectivity index (χ0n) is 10.9. The van der Waals surface area contributed by atoms with E-state index in [9.17, 15) is 4.79 Å². The van der Waals surface area contributed by atoms with E-state index in [4.69, 9.17) is 5.73 Å². The Morgan fingerprint density at radius 3 is 2.41 bits per heavy atom. The molecule has 0 aromatic carbocycles. The van der Waals surface area contributed by atoms with E-state index in [1.165, 1.54) is 44.9 Å². The van der Waals surface area contributed by atoms with Crippen LogP contribution in [0.5, 0.6) is 0 Å². The van der Waals surface area contributed by atoms with Gasteiger partial charge in [-0.15, -0.1) is 0 Å². The molecule has 0 aromatic rings. The second-order valence-corrected chi connectivity index (χ2v) is 5.65. The second-order valence-electron chi connectivity index (χ2n) is 5.65. The van der Waals surface area contributed by atoms with Gasteiger partial charge in [0.15, 0.2) is 0 Å². The molecule has 0 unspecified atom stereocenters. The Labute approximate surface area is 105 Å². The standard InChI is InChI=1S/C14H26N2O/c15-10-11-16(13-7-8-13)14(17)9-6-12-4-2-1-3-5-12/h12-13H,1-11,15H2. The molecule has 0 aliphatic heterocycles. The number of carbonyl (C=O) groups is 1. The van der Waals surface area contributed by atoms with Gasteiger partial charge in [0.25, 0.3) is 0 Å². The summed E-state index contributed by atoms with van der Waals surface area (Å²) in [4.78, 5) is 14.2. The highest BCUT2D eigenvalue weighted by molar-refractivity contribution is 5.76. The lowest BCUT2D eigenvalue weighted by molar-refractivity contribution is -0.132. The third-order valence-corrected chi connectivity index (χ3v) is 4.17. The maximum absolute atomic E-state index is 12.1. The van der Waals surface area contributed by atoms with Crippen LogP contribution >= 0.6 is 0 Å². The molecule has 2 rings (SSSR count). The average Bonchev–Trinajstić information content (AvgIpc) is 3.18. The summed E-state index contributed by atoms with van der Waals surface area (Å²) in [6.45, 7) is 1.36. The Hall–Kier alpha value is -0.570. The van der Waals surface area contributed by atoms with E-state index in [2.05, 4.69) is 0 Å². The van der Waals surface area contributed by atoms with E-state index < -0.39 is 0 Å². The third-order valence-electron chi connectivity index (χ3n) is 4.17. The highest BCUT2D eigenvalue weighted by atomic mass is 16.2. The van der Waals surface area contributed by atoms with E-state index in [-0.39, 0.29) is 0 Å². The molecule has 3 nitrogen and oxygen atoms in total. The largest absolute Gasteiger partial charge is 0.338 e. The van der Waals surface area contributed by atoms with E-state index in [0.29, 0.717) is 18.5 Å². The van der Waals surface area contributed by atoms with Gasteiger partial charge in [-0.1, -0.05) is 32.1 Å². The van der Waals surface area contributed by atoms with Gasteiger partial charge in [-0.25, -0.2) is 0 Å². The van der Waals surface area contributed by atoms with Crippen molar-refractivity contribution in [2.75, 3.05) is 13.1 Å². The summed E-state index contributed by atoms with van der Waals surface area (Å²) in [5, 5.41) is 0. The SMILES string of the molecule is NCCN(C(=O)CCC1CCCCC1)C1CC1. The molecule has 2 fully saturated rings. The summed E-state index contributed by atoms with van der Waals surface area (Å²) in [5.74, 6) is 1.16. The third kappa shape index (κ3) is 3.98. The van der Waals surface area contributed by atoms with Gasteiger partial charge < -0.3 is 10.6 Å². The van der Waals surface area contributed by atoms with Crippen molar-refractivity contribution in [1.82, 2.24) is 4.90 Å². The van der Waals surface area contributed by atoms with Crippen LogP contribution in [0.4, 0.5) is 0 Å². The number of carbonyl (C=O) groups excluding carboxylic acids is 1. The second kappa shape index (κ2) is 6.39. The lowest BCUT2D eigenvalue weighted by atomic mass is 9.86. The van der Waals surface area contributed by atoms with Crippen LogP contribution in [0.15, 0.2) is 0 Å². The Bertz CT molecular complexity index is 245. The molecule has 0 saturated heterocycles. The minimum Gasteiger partial charge on any atom is -0.338 e. The van der Waals surface area contributed by atoms with Crippen molar-refractivity contribution in [3.63, 3.8) is 0 Å². The molecule has 17 heavy (non-hydrogen) atoms. The van der Waals surface area contributed by atoms with Gasteiger partial charge in [-0.05, 0) is 25.2 Å². The Kier molecular flexibility index (Phi) is 4.84. The maximum Gasteiger partial charge on any atom is 0.222 e. The van der Waals surface area contributed by atoms with Crippen molar-refractivity contribution in [3.8, 4) is 0 Å². The van der Waals surface area contributed by atoms with E-state index in [1.807, 2.05) is 4.90 Å². The van der Waals surface area contributed by atoms with Crippen molar-refractivity contribution >= 4 is 5.91 Å². The molecule has 0 bridgehead atoms. The average molecular weight is 238 g/mol. The van der Waals surface area contributed by atoms with Crippen molar-refractivity contribution in [2.24, 2.45) is 11.7 Å². The van der Waals surface area contributed by atoms with Crippen LogP contribution in [-0.2, 0) is 4.79 Å². The minimum absolute atomic E-state index is 0.350. The predicted octanol–water partition coefficient (Wildman–Crippen LogP) is 2.30. The number of amides is 1. The molecule has 0 spiro atoms. The van der Waals surface area contributed by atoms with Gasteiger partial charge in [0, 0.05) is 25.6 Å². The molecule has 1 amide bonds. The Morgan fingerprint density at radius 1 is 1.12 bits per heavy atom. The summed E-state index contributed by atoms with van der Waals surface area (Å²) in [7, 11) is 0. The van der Waals surface area contributed by atoms with Crippen molar-refractivity contribution < 1.29 is 4.79 Å². The van der Waals surface area contributed by atoms with E-state index >= 15 is 0 Å². The molecule has 2 N–H and O–H groups in total. The fourth-order valence-corrected chi connectivity index (χ4v) is 2.98.